The van der Waals surface area contributed by atoms with E-state index in [2.05, 4.69) is 10.0 Å². The van der Waals surface area contributed by atoms with Gasteiger partial charge in [0.2, 0.25) is 5.91 Å². The van der Waals surface area contributed by atoms with Gasteiger partial charge in [0.1, 0.15) is 11.3 Å². The molecule has 0 bridgehead atoms. The Kier molecular flexibility index (Phi) is 9.27. The van der Waals surface area contributed by atoms with E-state index < -0.39 is 27.7 Å². The minimum absolute atomic E-state index is 0.0255. The second-order valence-electron chi connectivity index (χ2n) is 8.92. The molecule has 39 heavy (non-hydrogen) atoms. The molecule has 14 heteroatoms. The lowest BCUT2D eigenvalue weighted by Gasteiger charge is -2.16. The van der Waals surface area contributed by atoms with Crippen molar-refractivity contribution in [3.63, 3.8) is 0 Å². The molecule has 3 N–H and O–H groups in total. The van der Waals surface area contributed by atoms with Crippen LogP contribution in [0.25, 0.3) is 11.0 Å². The van der Waals surface area contributed by atoms with Crippen LogP contribution in [0.4, 0.5) is 14.9 Å². The first kappa shape index (κ1) is 29.5. The summed E-state index contributed by atoms with van der Waals surface area (Å²) in [5.41, 5.74) is -0.345. The summed E-state index contributed by atoms with van der Waals surface area (Å²) in [6.45, 7) is 0.0316. The van der Waals surface area contributed by atoms with Crippen molar-refractivity contribution in [2.75, 3.05) is 46.5 Å². The summed E-state index contributed by atoms with van der Waals surface area (Å²) in [6, 6.07) is 8.64. The molecular weight excluding hydrogens is 533 g/mol. The van der Waals surface area contributed by atoms with Gasteiger partial charge in [-0.05, 0) is 29.3 Å². The Morgan fingerprint density at radius 1 is 1.05 bits per heavy atom. The molecule has 3 rings (SSSR count). The van der Waals surface area contributed by atoms with Gasteiger partial charge in [-0.25, -0.2) is 18.7 Å². The molecule has 0 saturated heterocycles. The van der Waals surface area contributed by atoms with Crippen LogP contribution in [0, 0.1) is 5.82 Å². The lowest BCUT2D eigenvalue weighted by Crippen LogP contribution is -2.33. The quantitative estimate of drug-likeness (QED) is 0.315. The fourth-order valence-electron chi connectivity index (χ4n) is 3.55. The molecule has 1 heterocycles. The molecule has 3 aromatic rings. The highest BCUT2D eigenvalue weighted by Gasteiger charge is 2.20. The molecule has 2 aromatic carbocycles. The number of hydrogen-bond acceptors (Lipinski definition) is 8. The van der Waals surface area contributed by atoms with Gasteiger partial charge in [-0.3, -0.25) is 9.52 Å². The van der Waals surface area contributed by atoms with E-state index in [0.717, 1.165) is 0 Å². The number of ether oxygens (including phenoxy) is 1. The molecule has 0 aliphatic rings. The van der Waals surface area contributed by atoms with Crippen LogP contribution in [-0.2, 0) is 28.0 Å². The van der Waals surface area contributed by atoms with Crippen molar-refractivity contribution in [3.05, 3.63) is 69.3 Å². The van der Waals surface area contributed by atoms with E-state index in [-0.39, 0.29) is 53.6 Å². The van der Waals surface area contributed by atoms with Gasteiger partial charge in [0.05, 0.1) is 12.2 Å². The minimum atomic E-state index is -3.98. The summed E-state index contributed by atoms with van der Waals surface area (Å²) in [6.07, 6.45) is -0.850. The largest absolute Gasteiger partial charge is 0.422 e. The van der Waals surface area contributed by atoms with Crippen LogP contribution >= 0.6 is 0 Å². The predicted octanol–water partition coefficient (Wildman–Crippen LogP) is 1.64. The molecule has 0 aliphatic carbocycles. The highest BCUT2D eigenvalue weighted by molar-refractivity contribution is 7.90. The Morgan fingerprint density at radius 3 is 2.41 bits per heavy atom. The van der Waals surface area contributed by atoms with E-state index >= 15 is 4.39 Å². The number of nitrogens with zero attached hydrogens (tertiary/aromatic N) is 2. The van der Waals surface area contributed by atoms with E-state index in [9.17, 15) is 22.8 Å². The standard InChI is InChI=1S/C25H30FN5O7S/c1-27-39(35,36)29-20-8-6-7-15(23(20)26)11-18-19(13-28-14-22(32)30(2)3)17-10-9-16(37-25(34)31(4)5)12-21(17)38-24(18)33/h6-10,12,27-29H,11,13-14H2,1-5H3. The minimum Gasteiger partial charge on any atom is -0.422 e. The molecule has 12 nitrogen and oxygen atoms in total. The molecule has 0 fully saturated rings. The lowest BCUT2D eigenvalue weighted by molar-refractivity contribution is -0.127. The highest BCUT2D eigenvalue weighted by Crippen LogP contribution is 2.28. The smallest absolute Gasteiger partial charge is 0.414 e. The number of anilines is 1. The number of amides is 2. The lowest BCUT2D eigenvalue weighted by atomic mass is 9.97. The van der Waals surface area contributed by atoms with Crippen LogP contribution in [0.2, 0.25) is 0 Å². The van der Waals surface area contributed by atoms with Crippen molar-refractivity contribution < 1.29 is 31.6 Å². The van der Waals surface area contributed by atoms with Gasteiger partial charge in [0.25, 0.3) is 10.2 Å². The molecule has 0 aliphatic heterocycles. The number of benzene rings is 2. The van der Waals surface area contributed by atoms with Crippen LogP contribution in [0.1, 0.15) is 16.7 Å². The number of halogens is 1. The van der Waals surface area contributed by atoms with E-state index in [0.29, 0.717) is 10.9 Å². The average Bonchev–Trinajstić information content (AvgIpc) is 2.87. The van der Waals surface area contributed by atoms with Crippen LogP contribution in [0.15, 0.2) is 45.6 Å². The molecular formula is C25H30FN5O7S. The van der Waals surface area contributed by atoms with Gasteiger partial charge in [-0.2, -0.15) is 8.42 Å². The summed E-state index contributed by atoms with van der Waals surface area (Å²) in [7, 11) is 3.45. The number of nitrogens with one attached hydrogen (secondary N) is 3. The average molecular weight is 564 g/mol. The Morgan fingerprint density at radius 2 is 1.77 bits per heavy atom. The first-order chi connectivity index (χ1) is 18.3. The fourth-order valence-corrected chi connectivity index (χ4v) is 4.10. The number of carbonyl (C=O) groups is 2. The van der Waals surface area contributed by atoms with Crippen molar-refractivity contribution in [1.82, 2.24) is 19.8 Å². The third kappa shape index (κ3) is 7.31. The zero-order valence-corrected chi connectivity index (χ0v) is 22.9. The number of likely N-dealkylation sites (N-methyl/N-ethyl adjacent to an activating group) is 1. The second-order valence-corrected chi connectivity index (χ2v) is 10.5. The second kappa shape index (κ2) is 12.2. The SMILES string of the molecule is CNS(=O)(=O)Nc1cccc(Cc2c(CNCC(=O)N(C)C)c3ccc(OC(=O)N(C)C)cc3oc2=O)c1F. The zero-order valence-electron chi connectivity index (χ0n) is 22.1. The monoisotopic (exact) mass is 563 g/mol. The van der Waals surface area contributed by atoms with Gasteiger partial charge in [0, 0.05) is 65.2 Å². The van der Waals surface area contributed by atoms with Crippen molar-refractivity contribution in [3.8, 4) is 5.75 Å². The third-order valence-electron chi connectivity index (χ3n) is 5.70. The summed E-state index contributed by atoms with van der Waals surface area (Å²) in [5, 5.41) is 3.48. The Balaban J connectivity index is 2.07. The molecule has 0 spiro atoms. The number of rotatable bonds is 10. The number of fused-ring (bicyclic) bond motifs is 1. The van der Waals surface area contributed by atoms with Crippen LogP contribution in [-0.4, -0.2) is 72.0 Å². The normalized spacial score (nSPS) is 11.3. The van der Waals surface area contributed by atoms with Crippen LogP contribution < -0.4 is 25.1 Å². The Labute approximate surface area is 224 Å². The summed E-state index contributed by atoms with van der Waals surface area (Å²) in [5.74, 6) is -0.907. The molecule has 0 atom stereocenters. The van der Waals surface area contributed by atoms with Gasteiger partial charge >= 0.3 is 11.7 Å². The maximum Gasteiger partial charge on any atom is 0.414 e. The predicted molar refractivity (Wildman–Crippen MR) is 143 cm³/mol. The van der Waals surface area contributed by atoms with E-state index in [1.54, 1.807) is 20.2 Å². The Bertz CT molecular complexity index is 1550. The maximum atomic E-state index is 15.3. The van der Waals surface area contributed by atoms with Crippen molar-refractivity contribution in [1.29, 1.82) is 0 Å². The van der Waals surface area contributed by atoms with Crippen LogP contribution in [0.5, 0.6) is 5.75 Å². The molecule has 2 amide bonds. The van der Waals surface area contributed by atoms with Gasteiger partial charge in [-0.1, -0.05) is 12.1 Å². The summed E-state index contributed by atoms with van der Waals surface area (Å²) in [4.78, 5) is 39.8. The third-order valence-corrected chi connectivity index (χ3v) is 6.72. The van der Waals surface area contributed by atoms with Gasteiger partial charge < -0.3 is 24.3 Å². The highest BCUT2D eigenvalue weighted by atomic mass is 32.2. The maximum absolute atomic E-state index is 15.3. The number of carbonyl (C=O) groups excluding carboxylic acids is 2. The fraction of sp³-hybridized carbons (Fsp3) is 0.320. The first-order valence-corrected chi connectivity index (χ1v) is 13.2. The van der Waals surface area contributed by atoms with Gasteiger partial charge in [0.15, 0.2) is 5.82 Å². The summed E-state index contributed by atoms with van der Waals surface area (Å²) >= 11 is 0. The van der Waals surface area contributed by atoms with Crippen molar-refractivity contribution in [2.45, 2.75) is 13.0 Å². The molecule has 0 saturated carbocycles. The van der Waals surface area contributed by atoms with E-state index in [4.69, 9.17) is 9.15 Å². The zero-order chi connectivity index (χ0) is 28.9. The van der Waals surface area contributed by atoms with Gasteiger partial charge in [-0.15, -0.1) is 0 Å². The Hall–Kier alpha value is -4.01. The topological polar surface area (TPSA) is 150 Å². The molecule has 1 aromatic heterocycles. The number of hydrogen-bond donors (Lipinski definition) is 3. The molecule has 0 unspecified atom stereocenters. The van der Waals surface area contributed by atoms with Crippen LogP contribution in [0.3, 0.4) is 0 Å². The van der Waals surface area contributed by atoms with E-state index in [1.165, 1.54) is 61.3 Å². The van der Waals surface area contributed by atoms with Crippen molar-refractivity contribution in [2.24, 2.45) is 0 Å². The first-order valence-electron chi connectivity index (χ1n) is 11.7. The molecule has 210 valence electrons. The van der Waals surface area contributed by atoms with Crippen molar-refractivity contribution >= 4 is 38.9 Å². The van der Waals surface area contributed by atoms with E-state index in [1.807, 2.05) is 4.72 Å². The summed E-state index contributed by atoms with van der Waals surface area (Å²) < 4.78 is 53.9. The molecule has 0 radical (unpaired) electrons.